The molecule has 6 rings (SSSR count). The second kappa shape index (κ2) is 13.9. The lowest BCUT2D eigenvalue weighted by atomic mass is 9.79. The van der Waals surface area contributed by atoms with E-state index in [-0.39, 0.29) is 29.9 Å². The van der Waals surface area contributed by atoms with Gasteiger partial charge in [-0.3, -0.25) is 4.79 Å². The van der Waals surface area contributed by atoms with Crippen LogP contribution in [0.1, 0.15) is 69.1 Å². The van der Waals surface area contributed by atoms with Crippen LogP contribution < -0.4 is 4.74 Å². The van der Waals surface area contributed by atoms with Crippen LogP contribution in [-0.4, -0.2) is 65.6 Å². The Morgan fingerprint density at radius 1 is 0.957 bits per heavy atom. The van der Waals surface area contributed by atoms with Gasteiger partial charge in [0.1, 0.15) is 11.4 Å². The van der Waals surface area contributed by atoms with Gasteiger partial charge in [0.15, 0.2) is 0 Å². The molecular formula is C39H45ClN2O4. The van der Waals surface area contributed by atoms with E-state index >= 15 is 0 Å². The van der Waals surface area contributed by atoms with Gasteiger partial charge in [0.05, 0.1) is 12.5 Å². The Morgan fingerprint density at radius 2 is 1.74 bits per heavy atom. The van der Waals surface area contributed by atoms with Gasteiger partial charge in [-0.1, -0.05) is 66.7 Å². The van der Waals surface area contributed by atoms with Crippen LogP contribution in [0.15, 0.2) is 78.9 Å². The van der Waals surface area contributed by atoms with Crippen LogP contribution in [0, 0.1) is 5.92 Å². The summed E-state index contributed by atoms with van der Waals surface area (Å²) in [4.78, 5) is 31.8. The Balaban J connectivity index is 1.27. The molecule has 46 heavy (non-hydrogen) atoms. The molecule has 3 aliphatic rings. The molecule has 0 bridgehead atoms. The monoisotopic (exact) mass is 640 g/mol. The van der Waals surface area contributed by atoms with Crippen molar-refractivity contribution in [1.82, 2.24) is 9.80 Å². The van der Waals surface area contributed by atoms with Crippen LogP contribution in [0.4, 0.5) is 4.79 Å². The Morgan fingerprint density at radius 3 is 2.48 bits per heavy atom. The molecular weight excluding hydrogens is 596 g/mol. The number of likely N-dealkylation sites (tertiary alicyclic amines) is 1. The number of nitrogens with zero attached hydrogens (tertiary/aromatic N) is 2. The molecule has 242 valence electrons. The standard InChI is InChI=1S/C39H45ClN2O4/c1-39(2,3)46-38(44)41-22-20-35(30-10-6-9-29(24-30)27-14-18-33(19-15-27)45-23-7-21-40)36(26-41)37(43)42(32-16-17-32)25-31-13-12-28-8-4-5-11-34(28)31/h4-6,8-11,13-15,18-19,24,32,35-36H,7,12,16-17,20-23,25-26H2,1-3H3/t35-,36+/m1/s1. The van der Waals surface area contributed by atoms with Crippen molar-refractivity contribution in [3.05, 3.63) is 95.6 Å². The molecule has 3 aromatic carbocycles. The van der Waals surface area contributed by atoms with Gasteiger partial charge in [-0.2, -0.15) is 0 Å². The van der Waals surface area contributed by atoms with Crippen molar-refractivity contribution < 1.29 is 19.1 Å². The highest BCUT2D eigenvalue weighted by molar-refractivity contribution is 6.17. The van der Waals surface area contributed by atoms with Crippen LogP contribution in [0.25, 0.3) is 16.7 Å². The predicted molar refractivity (Wildman–Crippen MR) is 184 cm³/mol. The number of amides is 2. The summed E-state index contributed by atoms with van der Waals surface area (Å²) < 4.78 is 11.6. The average molecular weight is 641 g/mol. The smallest absolute Gasteiger partial charge is 0.410 e. The van der Waals surface area contributed by atoms with E-state index < -0.39 is 5.60 Å². The summed E-state index contributed by atoms with van der Waals surface area (Å²) in [6, 6.07) is 25.4. The van der Waals surface area contributed by atoms with E-state index in [1.54, 1.807) is 4.90 Å². The summed E-state index contributed by atoms with van der Waals surface area (Å²) >= 11 is 5.79. The predicted octanol–water partition coefficient (Wildman–Crippen LogP) is 8.33. The minimum atomic E-state index is -0.602. The second-order valence-corrected chi connectivity index (χ2v) is 14.1. The van der Waals surface area contributed by atoms with Gasteiger partial charge >= 0.3 is 6.09 Å². The van der Waals surface area contributed by atoms with Gasteiger partial charge in [-0.15, -0.1) is 11.6 Å². The van der Waals surface area contributed by atoms with Crippen molar-refractivity contribution in [3.63, 3.8) is 0 Å². The Labute approximate surface area is 278 Å². The highest BCUT2D eigenvalue weighted by Gasteiger charge is 2.43. The molecule has 0 unspecified atom stereocenters. The van der Waals surface area contributed by atoms with E-state index in [1.165, 1.54) is 16.7 Å². The van der Waals surface area contributed by atoms with Gasteiger partial charge in [0, 0.05) is 31.6 Å². The first kappa shape index (κ1) is 32.2. The van der Waals surface area contributed by atoms with E-state index in [0.29, 0.717) is 38.5 Å². The van der Waals surface area contributed by atoms with Crippen molar-refractivity contribution in [3.8, 4) is 16.9 Å². The van der Waals surface area contributed by atoms with Crippen LogP contribution >= 0.6 is 11.6 Å². The normalized spacial score (nSPS) is 19.3. The molecule has 0 aromatic heterocycles. The Kier molecular flexibility index (Phi) is 9.74. The minimum absolute atomic E-state index is 0.0182. The second-order valence-electron chi connectivity index (χ2n) is 13.8. The average Bonchev–Trinajstić information content (AvgIpc) is 3.82. The molecule has 3 aromatic rings. The van der Waals surface area contributed by atoms with Crippen molar-refractivity contribution in [1.29, 1.82) is 0 Å². The lowest BCUT2D eigenvalue weighted by molar-refractivity contribution is -0.137. The van der Waals surface area contributed by atoms with Gasteiger partial charge in [-0.05, 0) is 104 Å². The maximum atomic E-state index is 14.7. The third-order valence-corrected chi connectivity index (χ3v) is 9.44. The number of carbonyl (C=O) groups is 2. The lowest BCUT2D eigenvalue weighted by Gasteiger charge is -2.40. The maximum absolute atomic E-state index is 14.7. The van der Waals surface area contributed by atoms with E-state index in [2.05, 4.69) is 71.6 Å². The topological polar surface area (TPSA) is 59.1 Å². The third-order valence-electron chi connectivity index (χ3n) is 9.17. The molecule has 2 atom stereocenters. The molecule has 2 amide bonds. The van der Waals surface area contributed by atoms with Gasteiger partial charge in [0.25, 0.3) is 0 Å². The number of alkyl halides is 1. The Bertz CT molecular complexity index is 1570. The van der Waals surface area contributed by atoms with E-state index in [4.69, 9.17) is 21.1 Å². The number of fused-ring (bicyclic) bond motifs is 1. The number of allylic oxidation sites excluding steroid dienone is 1. The molecule has 1 saturated carbocycles. The molecule has 2 aliphatic carbocycles. The van der Waals surface area contributed by atoms with Crippen LogP contribution in [0.5, 0.6) is 5.75 Å². The zero-order valence-electron chi connectivity index (χ0n) is 27.2. The number of ether oxygens (including phenoxy) is 2. The highest BCUT2D eigenvalue weighted by atomic mass is 35.5. The number of halogens is 1. The number of piperidine rings is 1. The maximum Gasteiger partial charge on any atom is 0.410 e. The zero-order valence-corrected chi connectivity index (χ0v) is 28.0. The molecule has 0 radical (unpaired) electrons. The lowest BCUT2D eigenvalue weighted by Crippen LogP contribution is -2.51. The van der Waals surface area contributed by atoms with Crippen molar-refractivity contribution in [2.45, 2.75) is 70.4 Å². The molecule has 1 heterocycles. The molecule has 7 heteroatoms. The number of hydrogen-bond donors (Lipinski definition) is 0. The fourth-order valence-corrected chi connectivity index (χ4v) is 6.81. The van der Waals surface area contributed by atoms with Gasteiger partial charge in [-0.25, -0.2) is 4.79 Å². The van der Waals surface area contributed by atoms with E-state index in [0.717, 1.165) is 48.1 Å². The first-order chi connectivity index (χ1) is 22.2. The Hall–Kier alpha value is -3.77. The summed E-state index contributed by atoms with van der Waals surface area (Å²) in [6.07, 6.45) is 6.37. The fourth-order valence-electron chi connectivity index (χ4n) is 6.70. The number of hydrogen-bond acceptors (Lipinski definition) is 4. The first-order valence-corrected chi connectivity index (χ1v) is 17.2. The summed E-state index contributed by atoms with van der Waals surface area (Å²) in [5, 5.41) is 0. The van der Waals surface area contributed by atoms with Crippen molar-refractivity contribution in [2.24, 2.45) is 5.92 Å². The molecule has 1 aliphatic heterocycles. The van der Waals surface area contributed by atoms with Crippen LogP contribution in [-0.2, 0) is 16.0 Å². The first-order valence-electron chi connectivity index (χ1n) is 16.6. The van der Waals surface area contributed by atoms with Crippen LogP contribution in [0.3, 0.4) is 0 Å². The molecule has 1 saturated heterocycles. The van der Waals surface area contributed by atoms with Gasteiger partial charge < -0.3 is 19.3 Å². The summed E-state index contributed by atoms with van der Waals surface area (Å²) in [5.74, 6) is 1.15. The van der Waals surface area contributed by atoms with Gasteiger partial charge in [0.2, 0.25) is 5.91 Å². The van der Waals surface area contributed by atoms with E-state index in [9.17, 15) is 9.59 Å². The SMILES string of the molecule is CC(C)(C)OC(=O)N1CC[C@H](c2cccc(-c3ccc(OCCCCl)cc3)c2)[C@@H](C(=O)N(CC2=CCc3ccccc32)C2CC2)C1. The third kappa shape index (κ3) is 7.60. The van der Waals surface area contributed by atoms with Crippen molar-refractivity contribution in [2.75, 3.05) is 32.1 Å². The number of carbonyl (C=O) groups excluding carboxylic acids is 2. The summed E-state index contributed by atoms with van der Waals surface area (Å²) in [6.45, 7) is 7.73. The molecule has 0 spiro atoms. The van der Waals surface area contributed by atoms with E-state index in [1.807, 2.05) is 32.9 Å². The summed E-state index contributed by atoms with van der Waals surface area (Å²) in [5.41, 5.74) is 6.50. The molecule has 2 fully saturated rings. The highest BCUT2D eigenvalue weighted by Crippen LogP contribution is 2.40. The van der Waals surface area contributed by atoms with Crippen molar-refractivity contribution >= 4 is 29.2 Å². The molecule has 0 N–H and O–H groups in total. The van der Waals surface area contributed by atoms with Crippen LogP contribution in [0.2, 0.25) is 0 Å². The zero-order chi connectivity index (χ0) is 32.3. The fraction of sp³-hybridized carbons (Fsp3) is 0.436. The molecule has 6 nitrogen and oxygen atoms in total. The summed E-state index contributed by atoms with van der Waals surface area (Å²) in [7, 11) is 0. The number of benzene rings is 3. The largest absolute Gasteiger partial charge is 0.494 e. The minimum Gasteiger partial charge on any atom is -0.494 e. The quantitative estimate of drug-likeness (QED) is 0.165. The number of rotatable bonds is 10.